The number of hydrogen-bond donors (Lipinski definition) is 1. The maximum Gasteiger partial charge on any atom is 0.135 e. The molecule has 5 heteroatoms. The average Bonchev–Trinajstić information content (AvgIpc) is 2.39. The smallest absolute Gasteiger partial charge is 0.135 e. The third kappa shape index (κ3) is 2.07. The summed E-state index contributed by atoms with van der Waals surface area (Å²) < 4.78 is 10.6. The Kier molecular flexibility index (Phi) is 2.82. The number of fused-ring (bicyclic) bond motifs is 1. The minimum atomic E-state index is 0.551. The van der Waals surface area contributed by atoms with E-state index in [1.165, 1.54) is 0 Å². The molecule has 1 aliphatic heterocycles. The standard InChI is InChI=1S/C10H10BNO2S/c1-13-6-4-7(11)10-8(5-6)12-9(15)2-3-14-10/h4-5H,2-3H2,1H3,(H,12,15). The zero-order valence-electron chi connectivity index (χ0n) is 8.37. The maximum absolute atomic E-state index is 5.84. The maximum atomic E-state index is 5.84. The van der Waals surface area contributed by atoms with Crippen LogP contribution in [0.25, 0.3) is 0 Å². The minimum Gasteiger partial charge on any atom is -0.497 e. The number of nitrogens with one attached hydrogen (secondary N) is 1. The van der Waals surface area contributed by atoms with Crippen LogP contribution in [0, 0.1) is 0 Å². The molecule has 2 radical (unpaired) electrons. The van der Waals surface area contributed by atoms with Crippen molar-refractivity contribution in [2.45, 2.75) is 6.42 Å². The Morgan fingerprint density at radius 3 is 3.07 bits per heavy atom. The minimum absolute atomic E-state index is 0.551. The van der Waals surface area contributed by atoms with Crippen LogP contribution in [0.15, 0.2) is 12.1 Å². The average molecular weight is 219 g/mol. The fourth-order valence-electron chi connectivity index (χ4n) is 1.45. The second-order valence-corrected chi connectivity index (χ2v) is 3.73. The van der Waals surface area contributed by atoms with Gasteiger partial charge in [-0.2, -0.15) is 0 Å². The van der Waals surface area contributed by atoms with Gasteiger partial charge in [-0.15, -0.1) is 0 Å². The van der Waals surface area contributed by atoms with E-state index in [1.807, 2.05) is 6.07 Å². The second-order valence-electron chi connectivity index (χ2n) is 3.24. The van der Waals surface area contributed by atoms with Crippen LogP contribution in [-0.4, -0.2) is 26.6 Å². The van der Waals surface area contributed by atoms with E-state index in [0.29, 0.717) is 30.0 Å². The van der Waals surface area contributed by atoms with Crippen LogP contribution >= 0.6 is 12.2 Å². The molecule has 0 amide bonds. The molecule has 15 heavy (non-hydrogen) atoms. The summed E-state index contributed by atoms with van der Waals surface area (Å²) in [5, 5.41) is 3.08. The van der Waals surface area contributed by atoms with E-state index >= 15 is 0 Å². The van der Waals surface area contributed by atoms with Gasteiger partial charge in [0.15, 0.2) is 0 Å². The highest BCUT2D eigenvalue weighted by molar-refractivity contribution is 7.80. The van der Waals surface area contributed by atoms with Gasteiger partial charge in [0, 0.05) is 12.5 Å². The summed E-state index contributed by atoms with van der Waals surface area (Å²) in [7, 11) is 7.44. The summed E-state index contributed by atoms with van der Waals surface area (Å²) in [5.74, 6) is 1.34. The summed E-state index contributed by atoms with van der Waals surface area (Å²) in [4.78, 5) is 0.751. The predicted octanol–water partition coefficient (Wildman–Crippen LogP) is 1.01. The van der Waals surface area contributed by atoms with Gasteiger partial charge in [-0.05, 0) is 11.5 Å². The molecule has 1 N–H and O–H groups in total. The van der Waals surface area contributed by atoms with E-state index in [2.05, 4.69) is 5.32 Å². The SMILES string of the molecule is [B]c1cc(OC)cc2c1OCCC(=S)N2. The Hall–Kier alpha value is -1.23. The highest BCUT2D eigenvalue weighted by Crippen LogP contribution is 2.28. The quantitative estimate of drug-likeness (QED) is 0.564. The van der Waals surface area contributed by atoms with Gasteiger partial charge in [-0.25, -0.2) is 0 Å². The van der Waals surface area contributed by atoms with Crippen LogP contribution in [0.1, 0.15) is 6.42 Å². The molecule has 0 unspecified atom stereocenters. The van der Waals surface area contributed by atoms with Gasteiger partial charge in [-0.3, -0.25) is 0 Å². The third-order valence-electron chi connectivity index (χ3n) is 2.18. The van der Waals surface area contributed by atoms with E-state index in [-0.39, 0.29) is 0 Å². The van der Waals surface area contributed by atoms with Crippen LogP contribution in [0.5, 0.6) is 11.5 Å². The Morgan fingerprint density at radius 2 is 2.33 bits per heavy atom. The number of hydrogen-bond acceptors (Lipinski definition) is 3. The highest BCUT2D eigenvalue weighted by atomic mass is 32.1. The van der Waals surface area contributed by atoms with E-state index in [4.69, 9.17) is 29.5 Å². The van der Waals surface area contributed by atoms with Crippen molar-refractivity contribution in [1.29, 1.82) is 0 Å². The zero-order chi connectivity index (χ0) is 10.8. The molecule has 0 saturated carbocycles. The van der Waals surface area contributed by atoms with Gasteiger partial charge in [0.2, 0.25) is 0 Å². The number of benzene rings is 1. The normalized spacial score (nSPS) is 14.6. The summed E-state index contributed by atoms with van der Waals surface area (Å²) in [6.07, 6.45) is 0.700. The Bertz CT molecular complexity index is 409. The number of ether oxygens (including phenoxy) is 2. The Labute approximate surface area is 95.2 Å². The third-order valence-corrected chi connectivity index (χ3v) is 2.48. The van der Waals surface area contributed by atoms with Crippen molar-refractivity contribution in [3.8, 4) is 11.5 Å². The molecule has 1 heterocycles. The lowest BCUT2D eigenvalue weighted by molar-refractivity contribution is 0.336. The van der Waals surface area contributed by atoms with E-state index in [9.17, 15) is 0 Å². The summed E-state index contributed by atoms with van der Waals surface area (Å²) in [6, 6.07) is 3.55. The van der Waals surface area contributed by atoms with Crippen molar-refractivity contribution in [3.63, 3.8) is 0 Å². The first-order valence-electron chi connectivity index (χ1n) is 4.61. The van der Waals surface area contributed by atoms with Crippen LogP contribution in [0.3, 0.4) is 0 Å². The van der Waals surface area contributed by atoms with Gasteiger partial charge in [-0.1, -0.05) is 12.2 Å². The molecule has 3 nitrogen and oxygen atoms in total. The van der Waals surface area contributed by atoms with Gasteiger partial charge >= 0.3 is 0 Å². The van der Waals surface area contributed by atoms with E-state index in [1.54, 1.807) is 13.2 Å². The highest BCUT2D eigenvalue weighted by Gasteiger charge is 2.14. The summed E-state index contributed by atoms with van der Waals surface area (Å²) in [5.41, 5.74) is 1.33. The van der Waals surface area contributed by atoms with Crippen LogP contribution in [0.4, 0.5) is 5.69 Å². The monoisotopic (exact) mass is 219 g/mol. The number of thiocarbonyl (C=S) groups is 1. The van der Waals surface area contributed by atoms with Crippen molar-refractivity contribution < 1.29 is 9.47 Å². The lowest BCUT2D eigenvalue weighted by Gasteiger charge is -2.12. The first-order valence-corrected chi connectivity index (χ1v) is 5.01. The van der Waals surface area contributed by atoms with Gasteiger partial charge in [0.25, 0.3) is 0 Å². The van der Waals surface area contributed by atoms with Crippen molar-refractivity contribution in [2.24, 2.45) is 0 Å². The zero-order valence-corrected chi connectivity index (χ0v) is 9.19. The second kappa shape index (κ2) is 4.10. The molecular weight excluding hydrogens is 209 g/mol. The van der Waals surface area contributed by atoms with Crippen LogP contribution in [0.2, 0.25) is 0 Å². The molecule has 0 spiro atoms. The lowest BCUT2D eigenvalue weighted by Crippen LogP contribution is -2.11. The molecule has 0 atom stereocenters. The molecule has 0 aliphatic carbocycles. The van der Waals surface area contributed by atoms with E-state index < -0.39 is 0 Å². The summed E-state index contributed by atoms with van der Waals surface area (Å²) in [6.45, 7) is 0.551. The number of methoxy groups -OCH3 is 1. The van der Waals surface area contributed by atoms with Crippen molar-refractivity contribution in [3.05, 3.63) is 12.1 Å². The molecule has 2 rings (SSSR count). The first kappa shape index (κ1) is 10.3. The molecule has 0 saturated heterocycles. The predicted molar refractivity (Wildman–Crippen MR) is 64.7 cm³/mol. The van der Waals surface area contributed by atoms with Crippen molar-refractivity contribution in [1.82, 2.24) is 0 Å². The van der Waals surface area contributed by atoms with Crippen molar-refractivity contribution in [2.75, 3.05) is 19.0 Å². The van der Waals surface area contributed by atoms with Crippen LogP contribution in [-0.2, 0) is 0 Å². The van der Waals surface area contributed by atoms with Crippen LogP contribution < -0.4 is 20.3 Å². The van der Waals surface area contributed by atoms with Gasteiger partial charge in [0.1, 0.15) is 19.3 Å². The molecule has 0 aromatic heterocycles. The fraction of sp³-hybridized carbons (Fsp3) is 0.300. The molecule has 0 fully saturated rings. The molecule has 76 valence electrons. The number of rotatable bonds is 1. The Balaban J connectivity index is 2.47. The lowest BCUT2D eigenvalue weighted by atomic mass is 9.94. The van der Waals surface area contributed by atoms with Crippen molar-refractivity contribution >= 4 is 36.2 Å². The number of anilines is 1. The largest absolute Gasteiger partial charge is 0.497 e. The fourth-order valence-corrected chi connectivity index (χ4v) is 1.65. The molecule has 0 bridgehead atoms. The summed E-state index contributed by atoms with van der Waals surface area (Å²) >= 11 is 5.12. The topological polar surface area (TPSA) is 30.5 Å². The molecule has 1 aromatic carbocycles. The molecule has 1 aromatic rings. The van der Waals surface area contributed by atoms with E-state index in [0.717, 1.165) is 10.7 Å². The van der Waals surface area contributed by atoms with Gasteiger partial charge < -0.3 is 14.8 Å². The molecular formula is C10H10BNO2S. The molecule has 1 aliphatic rings. The van der Waals surface area contributed by atoms with Gasteiger partial charge in [0.05, 0.1) is 24.4 Å². The Morgan fingerprint density at radius 1 is 1.53 bits per heavy atom. The first-order chi connectivity index (χ1) is 7.20.